The first-order valence-corrected chi connectivity index (χ1v) is 5.75. The number of rotatable bonds is 4. The predicted molar refractivity (Wildman–Crippen MR) is 68.7 cm³/mol. The van der Waals surface area contributed by atoms with E-state index in [9.17, 15) is 0 Å². The van der Waals surface area contributed by atoms with E-state index in [-0.39, 0.29) is 29.5 Å². The number of nitrogens with one attached hydrogen (secondary N) is 1. The third-order valence-electron chi connectivity index (χ3n) is 1.91. The molecule has 2 heterocycles. The number of anilines is 1. The molecule has 0 saturated heterocycles. The molecule has 0 saturated carbocycles. The maximum atomic E-state index is 4.42. The van der Waals surface area contributed by atoms with Crippen LogP contribution < -0.4 is 5.32 Å². The second-order valence-corrected chi connectivity index (χ2v) is 3.99. The molecule has 0 aliphatic heterocycles. The largest absolute Gasteiger partial charge is 0.354 e. The minimum atomic E-state index is 0. The van der Waals surface area contributed by atoms with Gasteiger partial charge in [-0.25, -0.2) is 9.97 Å². The van der Waals surface area contributed by atoms with Crippen molar-refractivity contribution in [1.29, 1.82) is 0 Å². The van der Waals surface area contributed by atoms with Crippen LogP contribution in [0.4, 0.5) is 5.95 Å². The number of aromatic nitrogens is 2. The van der Waals surface area contributed by atoms with Gasteiger partial charge in [-0.15, -0.1) is 10.3 Å². The van der Waals surface area contributed by atoms with Crippen LogP contribution >= 0.6 is 11.3 Å². The molecule has 0 unspecified atom stereocenters. The maximum Gasteiger partial charge on any atom is 0.222 e. The Labute approximate surface area is 122 Å². The molecule has 2 aromatic rings. The van der Waals surface area contributed by atoms with Crippen molar-refractivity contribution in [3.05, 3.63) is 29.8 Å². The third kappa shape index (κ3) is 4.60. The van der Waals surface area contributed by atoms with E-state index in [2.05, 4.69) is 27.6 Å². The SMILES string of the molecule is CCCNc1nccc(-c2cc[c-]s2)n1.[B].[W]. The maximum absolute atomic E-state index is 4.42. The molecule has 0 aliphatic carbocycles. The van der Waals surface area contributed by atoms with Crippen molar-refractivity contribution in [2.24, 2.45) is 0 Å². The summed E-state index contributed by atoms with van der Waals surface area (Å²) in [6, 6.07) is 5.83. The Morgan fingerprint density at radius 1 is 1.41 bits per heavy atom. The van der Waals surface area contributed by atoms with E-state index < -0.39 is 0 Å². The number of hydrogen-bond donors (Lipinski definition) is 1. The minimum absolute atomic E-state index is 0. The van der Waals surface area contributed by atoms with Gasteiger partial charge in [-0.1, -0.05) is 6.92 Å². The van der Waals surface area contributed by atoms with Crippen LogP contribution in [0.2, 0.25) is 0 Å². The fourth-order valence-electron chi connectivity index (χ4n) is 1.20. The van der Waals surface area contributed by atoms with Crippen LogP contribution in [0.5, 0.6) is 0 Å². The summed E-state index contributed by atoms with van der Waals surface area (Å²) in [6.07, 6.45) is 2.85. The molecule has 2 aromatic heterocycles. The third-order valence-corrected chi connectivity index (χ3v) is 2.73. The normalized spacial score (nSPS) is 9.00. The molecule has 0 aromatic carbocycles. The van der Waals surface area contributed by atoms with Crippen LogP contribution in [0.25, 0.3) is 10.6 Å². The van der Waals surface area contributed by atoms with Gasteiger partial charge in [-0.05, 0) is 12.5 Å². The molecule has 0 atom stereocenters. The molecule has 0 bridgehead atoms. The Morgan fingerprint density at radius 2 is 2.24 bits per heavy atom. The molecule has 3 radical (unpaired) electrons. The van der Waals surface area contributed by atoms with Crippen molar-refractivity contribution >= 4 is 25.7 Å². The van der Waals surface area contributed by atoms with E-state index in [1.165, 1.54) is 0 Å². The Balaban J connectivity index is 0.00000128. The first kappa shape index (κ1) is 16.3. The molecule has 0 amide bonds. The van der Waals surface area contributed by atoms with Crippen molar-refractivity contribution in [3.8, 4) is 10.6 Å². The van der Waals surface area contributed by atoms with E-state index in [0.717, 1.165) is 23.5 Å². The molecule has 2 rings (SSSR count). The smallest absolute Gasteiger partial charge is 0.222 e. The second-order valence-electron chi connectivity index (χ2n) is 3.11. The topological polar surface area (TPSA) is 37.8 Å². The number of hydrogen-bond acceptors (Lipinski definition) is 4. The molecule has 17 heavy (non-hydrogen) atoms. The van der Waals surface area contributed by atoms with Crippen LogP contribution in [0, 0.1) is 5.38 Å². The molecule has 0 aliphatic rings. The minimum Gasteiger partial charge on any atom is -0.354 e. The van der Waals surface area contributed by atoms with Gasteiger partial charge in [0.05, 0.1) is 0 Å². The number of nitrogens with zero attached hydrogens (tertiary/aromatic N) is 2. The van der Waals surface area contributed by atoms with E-state index in [1.54, 1.807) is 17.5 Å². The summed E-state index contributed by atoms with van der Waals surface area (Å²) in [5.74, 6) is 0.697. The van der Waals surface area contributed by atoms with Gasteiger partial charge in [-0.2, -0.15) is 12.1 Å². The van der Waals surface area contributed by atoms with E-state index in [1.807, 2.05) is 18.2 Å². The van der Waals surface area contributed by atoms with E-state index in [0.29, 0.717) is 5.95 Å². The van der Waals surface area contributed by atoms with E-state index in [4.69, 9.17) is 0 Å². The fraction of sp³-hybridized carbons (Fsp3) is 0.273. The molecule has 87 valence electrons. The summed E-state index contributed by atoms with van der Waals surface area (Å²) in [4.78, 5) is 9.70. The van der Waals surface area contributed by atoms with Crippen molar-refractivity contribution < 1.29 is 21.1 Å². The van der Waals surface area contributed by atoms with Crippen LogP contribution in [0.1, 0.15) is 13.3 Å². The average Bonchev–Trinajstić information content (AvgIpc) is 2.80. The zero-order chi connectivity index (χ0) is 10.5. The first-order valence-electron chi connectivity index (χ1n) is 4.93. The van der Waals surface area contributed by atoms with Gasteiger partial charge >= 0.3 is 0 Å². The van der Waals surface area contributed by atoms with Gasteiger partial charge in [0, 0.05) is 47.9 Å². The molecular weight excluding hydrogens is 401 g/mol. The van der Waals surface area contributed by atoms with Gasteiger partial charge in [0.15, 0.2) is 0 Å². The van der Waals surface area contributed by atoms with Crippen molar-refractivity contribution in [1.82, 2.24) is 9.97 Å². The second kappa shape index (κ2) is 8.43. The molecule has 0 fully saturated rings. The molecule has 6 heteroatoms. The van der Waals surface area contributed by atoms with E-state index >= 15 is 0 Å². The van der Waals surface area contributed by atoms with Crippen molar-refractivity contribution in [2.75, 3.05) is 11.9 Å². The summed E-state index contributed by atoms with van der Waals surface area (Å²) in [5, 5.41) is 6.22. The Bertz CT molecular complexity index is 422. The quantitative estimate of drug-likeness (QED) is 0.619. The zero-order valence-electron chi connectivity index (χ0n) is 9.51. The summed E-state index contributed by atoms with van der Waals surface area (Å²) < 4.78 is 0. The molecule has 0 spiro atoms. The van der Waals surface area contributed by atoms with Gasteiger partial charge in [0.25, 0.3) is 0 Å². The van der Waals surface area contributed by atoms with Crippen LogP contribution in [0.3, 0.4) is 0 Å². The molecule has 1 N–H and O–H groups in total. The van der Waals surface area contributed by atoms with Crippen molar-refractivity contribution in [2.45, 2.75) is 13.3 Å². The summed E-state index contributed by atoms with van der Waals surface area (Å²) in [7, 11) is 0. The van der Waals surface area contributed by atoms with Crippen molar-refractivity contribution in [3.63, 3.8) is 0 Å². The average molecular weight is 413 g/mol. The zero-order valence-corrected chi connectivity index (χ0v) is 13.3. The summed E-state index contributed by atoms with van der Waals surface area (Å²) >= 11 is 1.57. The van der Waals surface area contributed by atoms with Gasteiger partial charge in [0.2, 0.25) is 5.95 Å². The van der Waals surface area contributed by atoms with Gasteiger partial charge in [0.1, 0.15) is 0 Å². The first-order chi connectivity index (χ1) is 7.40. The van der Waals surface area contributed by atoms with Crippen LogP contribution in [-0.2, 0) is 21.1 Å². The fourth-order valence-corrected chi connectivity index (χ4v) is 1.81. The summed E-state index contributed by atoms with van der Waals surface area (Å²) in [6.45, 7) is 3.02. The number of thiophene rings is 1. The predicted octanol–water partition coefficient (Wildman–Crippen LogP) is 2.44. The monoisotopic (exact) mass is 413 g/mol. The van der Waals surface area contributed by atoms with Gasteiger partial charge in [-0.3, -0.25) is 11.3 Å². The van der Waals surface area contributed by atoms with Crippen LogP contribution in [0.15, 0.2) is 24.4 Å². The van der Waals surface area contributed by atoms with Gasteiger partial charge < -0.3 is 5.32 Å². The molecular formula is C11H12BN3SW-. The van der Waals surface area contributed by atoms with Crippen LogP contribution in [-0.4, -0.2) is 24.9 Å². The summed E-state index contributed by atoms with van der Waals surface area (Å²) in [5.41, 5.74) is 0.954. The molecule has 3 nitrogen and oxygen atoms in total. The Hall–Kier alpha value is -0.667. The Morgan fingerprint density at radius 3 is 2.88 bits per heavy atom. The standard InChI is InChI=1S/C11H12N3S.B.W/c1-2-6-12-11-13-7-5-9(14-11)10-4-3-8-15-10;;/h3-5,7H,2,6H2,1H3,(H,12,13,14);;/q-1;;. The Kier molecular flexibility index (Phi) is 8.10.